The van der Waals surface area contributed by atoms with Crippen molar-refractivity contribution in [3.05, 3.63) is 0 Å². The highest BCUT2D eigenvalue weighted by molar-refractivity contribution is 8.78. The van der Waals surface area contributed by atoms with E-state index in [4.69, 9.17) is 0 Å². The quantitative estimate of drug-likeness (QED) is 0.229. The van der Waals surface area contributed by atoms with Crippen LogP contribution in [0.3, 0.4) is 0 Å². The van der Waals surface area contributed by atoms with Crippen molar-refractivity contribution >= 4 is 43.2 Å². The van der Waals surface area contributed by atoms with E-state index in [-0.39, 0.29) is 19.1 Å². The number of rotatable bonds is 0. The Hall–Kier alpha value is 1.24. The first-order chi connectivity index (χ1) is 16.8. The van der Waals surface area contributed by atoms with E-state index in [1.165, 1.54) is 51.4 Å². The van der Waals surface area contributed by atoms with Gasteiger partial charge in [0.1, 0.15) is 0 Å². The predicted molar refractivity (Wildman–Crippen MR) is 170 cm³/mol. The molecule has 0 spiro atoms. The lowest BCUT2D eigenvalue weighted by molar-refractivity contribution is 0.244. The molecule has 1 saturated heterocycles. The van der Waals surface area contributed by atoms with Gasteiger partial charge < -0.3 is 21.3 Å². The van der Waals surface area contributed by atoms with Crippen molar-refractivity contribution in [3.63, 3.8) is 0 Å². The van der Waals surface area contributed by atoms with Gasteiger partial charge in [-0.15, -0.1) is 0 Å². The van der Waals surface area contributed by atoms with E-state index in [2.05, 4.69) is 109 Å². The third-order valence-corrected chi connectivity index (χ3v) is 16.1. The standard InChI is InChI=1S/C28H56N4S4/c1-25(2)18-29-22-14-10-9-13-21(22)17-32-28(7,8)36-35-27(5,6)20-31-24-16-12-11-15-23(24)30-19-26(3,4)34-33-25/h21-24,29-32H,9-20H2,1-8H3/t21-,22-,23+,24+/m0/s1. The topological polar surface area (TPSA) is 48.1 Å². The fourth-order valence-corrected chi connectivity index (χ4v) is 10.2. The first kappa shape index (κ1) is 31.8. The Bertz CT molecular complexity index is 558. The molecule has 1 aliphatic heterocycles. The Morgan fingerprint density at radius 2 is 0.889 bits per heavy atom. The molecule has 3 fully saturated rings. The molecule has 0 bridgehead atoms. The van der Waals surface area contributed by atoms with Gasteiger partial charge in [0.2, 0.25) is 0 Å². The lowest BCUT2D eigenvalue weighted by atomic mass is 9.84. The Morgan fingerprint density at radius 1 is 0.500 bits per heavy atom. The first-order valence-electron chi connectivity index (χ1n) is 14.4. The Morgan fingerprint density at radius 3 is 1.39 bits per heavy atom. The van der Waals surface area contributed by atoms with Crippen LogP contribution in [0.2, 0.25) is 0 Å². The summed E-state index contributed by atoms with van der Waals surface area (Å²) in [5.41, 5.74) is 0. The Balaban J connectivity index is 1.71. The van der Waals surface area contributed by atoms with Crippen LogP contribution in [0.25, 0.3) is 0 Å². The van der Waals surface area contributed by atoms with Gasteiger partial charge in [0.15, 0.2) is 0 Å². The van der Waals surface area contributed by atoms with Crippen LogP contribution in [-0.2, 0) is 0 Å². The summed E-state index contributed by atoms with van der Waals surface area (Å²) in [6.07, 6.45) is 10.7. The smallest absolute Gasteiger partial charge is 0.0691 e. The summed E-state index contributed by atoms with van der Waals surface area (Å²) in [5.74, 6) is 0.723. The zero-order valence-corrected chi connectivity index (χ0v) is 27.7. The van der Waals surface area contributed by atoms with Crippen molar-refractivity contribution in [3.8, 4) is 0 Å². The van der Waals surface area contributed by atoms with Gasteiger partial charge in [-0.3, -0.25) is 0 Å². The average molecular weight is 577 g/mol. The van der Waals surface area contributed by atoms with Gasteiger partial charge >= 0.3 is 0 Å². The van der Waals surface area contributed by atoms with E-state index in [0.717, 1.165) is 32.1 Å². The van der Waals surface area contributed by atoms with Gasteiger partial charge in [0, 0.05) is 58.5 Å². The molecule has 1 heterocycles. The van der Waals surface area contributed by atoms with Crippen molar-refractivity contribution in [2.45, 2.75) is 144 Å². The van der Waals surface area contributed by atoms with Gasteiger partial charge in [0.25, 0.3) is 0 Å². The molecule has 2 saturated carbocycles. The fraction of sp³-hybridized carbons (Fsp3) is 1.00. The van der Waals surface area contributed by atoms with Crippen LogP contribution in [0.1, 0.15) is 107 Å². The van der Waals surface area contributed by atoms with E-state index in [9.17, 15) is 0 Å². The van der Waals surface area contributed by atoms with Crippen molar-refractivity contribution in [1.29, 1.82) is 0 Å². The summed E-state index contributed by atoms with van der Waals surface area (Å²) in [4.78, 5) is 0.0665. The van der Waals surface area contributed by atoms with Gasteiger partial charge in [-0.2, -0.15) is 0 Å². The monoisotopic (exact) mass is 576 g/mol. The van der Waals surface area contributed by atoms with E-state index < -0.39 is 0 Å². The highest BCUT2D eigenvalue weighted by Crippen LogP contribution is 2.44. The van der Waals surface area contributed by atoms with Crippen LogP contribution in [0.5, 0.6) is 0 Å². The molecular formula is C28H56N4S4. The molecule has 0 amide bonds. The maximum absolute atomic E-state index is 4.03. The third-order valence-electron chi connectivity index (χ3n) is 7.80. The van der Waals surface area contributed by atoms with E-state index in [1.54, 1.807) is 0 Å². The lowest BCUT2D eigenvalue weighted by Gasteiger charge is -2.40. The second-order valence-corrected chi connectivity index (χ2v) is 20.8. The molecule has 3 rings (SSSR count). The Kier molecular flexibility index (Phi) is 12.1. The fourth-order valence-electron chi connectivity index (χ4n) is 5.41. The maximum Gasteiger partial charge on any atom is 0.0691 e. The number of nitrogens with one attached hydrogen (secondary N) is 4. The molecule has 0 unspecified atom stereocenters. The molecule has 212 valence electrons. The number of hydrogen-bond donors (Lipinski definition) is 4. The minimum atomic E-state index is 0.0665. The molecular weight excluding hydrogens is 521 g/mol. The summed E-state index contributed by atoms with van der Waals surface area (Å²) >= 11 is 0. The van der Waals surface area contributed by atoms with Crippen LogP contribution < -0.4 is 21.3 Å². The highest BCUT2D eigenvalue weighted by Gasteiger charge is 2.34. The largest absolute Gasteiger partial charge is 0.312 e. The summed E-state index contributed by atoms with van der Waals surface area (Å²) in [7, 11) is 8.24. The van der Waals surface area contributed by atoms with E-state index in [1.807, 2.05) is 10.8 Å². The van der Waals surface area contributed by atoms with Crippen molar-refractivity contribution in [2.75, 3.05) is 26.2 Å². The van der Waals surface area contributed by atoms with Crippen molar-refractivity contribution in [1.82, 2.24) is 21.3 Å². The van der Waals surface area contributed by atoms with Crippen LogP contribution in [-0.4, -0.2) is 63.4 Å². The van der Waals surface area contributed by atoms with E-state index >= 15 is 0 Å². The van der Waals surface area contributed by atoms with Crippen LogP contribution >= 0.6 is 43.2 Å². The molecule has 36 heavy (non-hydrogen) atoms. The van der Waals surface area contributed by atoms with E-state index in [0.29, 0.717) is 18.1 Å². The van der Waals surface area contributed by atoms with Crippen molar-refractivity contribution < 1.29 is 0 Å². The van der Waals surface area contributed by atoms with Crippen molar-refractivity contribution in [2.24, 2.45) is 5.92 Å². The zero-order chi connectivity index (χ0) is 26.5. The Labute approximate surface area is 239 Å². The lowest BCUT2D eigenvalue weighted by Crippen LogP contribution is -2.54. The molecule has 0 radical (unpaired) electrons. The molecule has 2 aliphatic carbocycles. The molecule has 4 atom stereocenters. The van der Waals surface area contributed by atoms with Gasteiger partial charge in [-0.25, -0.2) is 0 Å². The van der Waals surface area contributed by atoms with Crippen LogP contribution in [0.15, 0.2) is 0 Å². The molecule has 4 nitrogen and oxygen atoms in total. The highest BCUT2D eigenvalue weighted by atomic mass is 33.1. The molecule has 3 aliphatic rings. The van der Waals surface area contributed by atoms with Crippen LogP contribution in [0, 0.1) is 5.92 Å². The number of fused-ring (bicyclic) bond motifs is 2. The molecule has 0 aromatic heterocycles. The predicted octanol–water partition coefficient (Wildman–Crippen LogP) is 7.06. The molecule has 4 N–H and O–H groups in total. The average Bonchev–Trinajstić information content (AvgIpc) is 2.82. The molecule has 8 heteroatoms. The molecule has 0 aromatic rings. The minimum absolute atomic E-state index is 0.0665. The summed E-state index contributed by atoms with van der Waals surface area (Å²) in [5, 5.41) is 16.0. The second kappa shape index (κ2) is 13.7. The van der Waals surface area contributed by atoms with Gasteiger partial charge in [0.05, 0.1) is 4.87 Å². The van der Waals surface area contributed by atoms with Gasteiger partial charge in [-0.05, 0) is 87.0 Å². The summed E-state index contributed by atoms with van der Waals surface area (Å²) in [6.45, 7) is 23.5. The third kappa shape index (κ3) is 11.0. The maximum atomic E-state index is 4.03. The van der Waals surface area contributed by atoms with Crippen LogP contribution in [0.4, 0.5) is 0 Å². The molecule has 0 aromatic carbocycles. The van der Waals surface area contributed by atoms with Gasteiger partial charge in [-0.1, -0.05) is 68.9 Å². The number of hydrogen-bond acceptors (Lipinski definition) is 8. The first-order valence-corrected chi connectivity index (χ1v) is 18.7. The summed E-state index contributed by atoms with van der Waals surface area (Å²) < 4.78 is 0.614. The summed E-state index contributed by atoms with van der Waals surface area (Å²) in [6, 6.07) is 1.80. The normalized spacial score (nSPS) is 36.7. The zero-order valence-electron chi connectivity index (χ0n) is 24.4. The minimum Gasteiger partial charge on any atom is -0.312 e. The second-order valence-electron chi connectivity index (χ2n) is 13.8. The SMILES string of the molecule is CC1(C)CN[C@H]2CCCC[C@H]2CNC(C)(C)SSC(C)(C)CN[C@@H]2CCCC[C@H]2NCC(C)(C)SS1.